The molecule has 2 aliphatic heterocycles. The highest BCUT2D eigenvalue weighted by molar-refractivity contribution is 7.52. The number of ether oxygens (including phenoxy) is 1. The van der Waals surface area contributed by atoms with Crippen molar-refractivity contribution in [1.82, 2.24) is 9.99 Å². The van der Waals surface area contributed by atoms with Crippen LogP contribution in [0.3, 0.4) is 0 Å². The van der Waals surface area contributed by atoms with Gasteiger partial charge in [-0.05, 0) is 49.5 Å². The average Bonchev–Trinajstić information content (AvgIpc) is 3.66. The monoisotopic (exact) mass is 542 g/mol. The van der Waals surface area contributed by atoms with Crippen molar-refractivity contribution in [2.45, 2.75) is 56.1 Å². The predicted octanol–water partition coefficient (Wildman–Crippen LogP) is 1.71. The van der Waals surface area contributed by atoms with Gasteiger partial charge >= 0.3 is 19.6 Å². The van der Waals surface area contributed by atoms with Gasteiger partial charge < -0.3 is 25.2 Å². The van der Waals surface area contributed by atoms with E-state index < -0.39 is 56.5 Å². The lowest BCUT2D eigenvalue weighted by Gasteiger charge is -2.30. The number of aliphatic hydroxyl groups excluding tert-OH is 1. The van der Waals surface area contributed by atoms with Crippen LogP contribution in [-0.2, 0) is 23.4 Å². The summed E-state index contributed by atoms with van der Waals surface area (Å²) in [6, 6.07) is 5.20. The Morgan fingerprint density at radius 2 is 2.08 bits per heavy atom. The molecule has 0 spiro atoms. The topological polar surface area (TPSA) is 173 Å². The van der Waals surface area contributed by atoms with E-state index in [1.165, 1.54) is 25.0 Å². The molecule has 1 saturated carbocycles. The van der Waals surface area contributed by atoms with Crippen LogP contribution in [0.1, 0.15) is 31.2 Å². The Hall–Kier alpha value is -3.12. The highest BCUT2D eigenvalue weighted by Gasteiger charge is 2.61. The van der Waals surface area contributed by atoms with Gasteiger partial charge in [0, 0.05) is 6.20 Å². The molecule has 0 bridgehead atoms. The van der Waals surface area contributed by atoms with Crippen molar-refractivity contribution in [2.24, 2.45) is 10.7 Å². The smallest absolute Gasteiger partial charge is 0.459 e. The second kappa shape index (κ2) is 10.3. The molecule has 1 aromatic rings. The third-order valence-electron chi connectivity index (χ3n) is 5.89. The summed E-state index contributed by atoms with van der Waals surface area (Å²) in [6.07, 6.45) is -2.11. The number of rotatable bonds is 10. The lowest BCUT2D eigenvalue weighted by Crippen LogP contribution is -2.47. The van der Waals surface area contributed by atoms with Crippen LogP contribution < -0.4 is 15.3 Å². The molecular formula is C22H25F2N4O8P. The Morgan fingerprint density at radius 1 is 1.41 bits per heavy atom. The van der Waals surface area contributed by atoms with Crippen LogP contribution in [0, 0.1) is 0 Å². The summed E-state index contributed by atoms with van der Waals surface area (Å²) in [4.78, 5) is 26.8. The minimum atomic E-state index is -4.47. The number of amidine groups is 1. The molecule has 4 rings (SSSR count). The van der Waals surface area contributed by atoms with E-state index >= 15 is 0 Å². The number of nitrogens with one attached hydrogen (secondary N) is 1. The minimum Gasteiger partial charge on any atom is -0.480 e. The number of carboxylic acids is 1. The second-order valence-corrected chi connectivity index (χ2v) is 10.4. The van der Waals surface area contributed by atoms with E-state index in [0.717, 1.165) is 30.7 Å². The number of aliphatic carboxylic acids is 1. The fourth-order valence-corrected chi connectivity index (χ4v) is 5.23. The zero-order valence-corrected chi connectivity index (χ0v) is 20.4. The molecule has 12 nitrogen and oxygen atoms in total. The van der Waals surface area contributed by atoms with Crippen LogP contribution in [0.5, 0.6) is 5.75 Å². The summed E-state index contributed by atoms with van der Waals surface area (Å²) in [6.45, 7) is 0.304. The number of nitrogens with two attached hydrogens (primary N) is 1. The van der Waals surface area contributed by atoms with Gasteiger partial charge in [0.05, 0.1) is 6.61 Å². The first-order valence-electron chi connectivity index (χ1n) is 11.3. The molecule has 15 heteroatoms. The molecule has 0 radical (unpaired) electrons. The van der Waals surface area contributed by atoms with Crippen LogP contribution in [0.4, 0.5) is 8.78 Å². The van der Waals surface area contributed by atoms with E-state index in [2.05, 4.69) is 10.1 Å². The maximum atomic E-state index is 14.9. The zero-order valence-electron chi connectivity index (χ0n) is 19.5. The molecule has 5 N–H and O–H groups in total. The number of alkyl halides is 2. The molecule has 5 atom stereocenters. The third-order valence-corrected chi connectivity index (χ3v) is 7.54. The first-order chi connectivity index (χ1) is 17.4. The Balaban J connectivity index is 1.49. The van der Waals surface area contributed by atoms with Crippen LogP contribution in [0.15, 0.2) is 47.4 Å². The van der Waals surface area contributed by atoms with Crippen molar-refractivity contribution in [2.75, 3.05) is 6.61 Å². The van der Waals surface area contributed by atoms with E-state index in [-0.39, 0.29) is 11.6 Å². The number of carbonyl (C=O) groups excluding carboxylic acids is 1. The molecule has 200 valence electrons. The highest BCUT2D eigenvalue weighted by atomic mass is 31.2. The summed E-state index contributed by atoms with van der Waals surface area (Å²) in [5.74, 6) is -4.12. The average molecular weight is 542 g/mol. The van der Waals surface area contributed by atoms with Gasteiger partial charge in [-0.15, -0.1) is 0 Å². The molecule has 1 saturated heterocycles. The highest BCUT2D eigenvalue weighted by Crippen LogP contribution is 2.48. The largest absolute Gasteiger partial charge is 0.480 e. The number of hydrogen-bond donors (Lipinski definition) is 4. The summed E-state index contributed by atoms with van der Waals surface area (Å²) in [7, 11) is -4.47. The van der Waals surface area contributed by atoms with Gasteiger partial charge in [-0.3, -0.25) is 14.2 Å². The minimum absolute atomic E-state index is 0.0867. The van der Waals surface area contributed by atoms with E-state index in [1.807, 2.05) is 0 Å². The maximum absolute atomic E-state index is 14.9. The number of nitrogens with zero attached hydrogens (tertiary/aromatic N) is 2. The lowest BCUT2D eigenvalue weighted by molar-refractivity contribution is -0.148. The number of benzene rings is 1. The van der Waals surface area contributed by atoms with Crippen molar-refractivity contribution < 1.29 is 46.9 Å². The first-order valence-corrected chi connectivity index (χ1v) is 12.8. The maximum Gasteiger partial charge on any atom is 0.459 e. The molecule has 1 unspecified atom stereocenters. The fourth-order valence-electron chi connectivity index (χ4n) is 3.73. The number of carboxylic acid groups (broad SMARTS) is 1. The Kier molecular flexibility index (Phi) is 7.52. The van der Waals surface area contributed by atoms with Gasteiger partial charge in [0.15, 0.2) is 12.0 Å². The van der Waals surface area contributed by atoms with Crippen molar-refractivity contribution in [3.8, 4) is 5.75 Å². The standard InChI is InChI=1S/C22H25F2N4O8P/c1-12(20(31)32)27-37(33,36-15-6-4-14(5-7-15)13-2-3-13)34-11-16-19(30)22(23,24)21(35-16)28-9-8-17(25)26-18(28)10-29/h4-9,12-13,16,19,21,30H,2-3,11H2,1H3,(H2,25,26)(H,27,33)(H,31,32)/t12-,16+,19+,21+,37?/m0/s1. The summed E-state index contributed by atoms with van der Waals surface area (Å²) in [5, 5.41) is 21.7. The number of aliphatic hydroxyl groups is 1. The molecule has 2 heterocycles. The second-order valence-electron chi connectivity index (χ2n) is 8.75. The van der Waals surface area contributed by atoms with Crippen molar-refractivity contribution >= 4 is 25.5 Å². The molecule has 1 aliphatic carbocycles. The third kappa shape index (κ3) is 5.90. The Morgan fingerprint density at radius 3 is 2.68 bits per heavy atom. The van der Waals surface area contributed by atoms with Crippen LogP contribution in [0.2, 0.25) is 0 Å². The van der Waals surface area contributed by atoms with Crippen molar-refractivity contribution in [3.05, 3.63) is 47.9 Å². The Labute approximate surface area is 210 Å². The van der Waals surface area contributed by atoms with Gasteiger partial charge in [-0.25, -0.2) is 14.4 Å². The normalized spacial score (nSPS) is 27.2. The van der Waals surface area contributed by atoms with E-state index in [0.29, 0.717) is 10.8 Å². The number of carbonyl (C=O) groups is 1. The molecular weight excluding hydrogens is 517 g/mol. The summed E-state index contributed by atoms with van der Waals surface area (Å²) in [5.41, 5.74) is 6.54. The number of halogens is 2. The molecule has 0 aromatic heterocycles. The first kappa shape index (κ1) is 26.9. The number of aliphatic imine (C=N–C) groups is 1. The van der Waals surface area contributed by atoms with Gasteiger partial charge in [0.2, 0.25) is 12.0 Å². The van der Waals surface area contributed by atoms with E-state index in [4.69, 9.17) is 19.5 Å². The van der Waals surface area contributed by atoms with Crippen LogP contribution in [0.25, 0.3) is 0 Å². The predicted molar refractivity (Wildman–Crippen MR) is 124 cm³/mol. The molecule has 2 fully saturated rings. The SMILES string of the molecule is C[C@H](NP(=O)(OC[C@H]1O[C@@H](N2C=CC(N)=NC2=C=O)C(F)(F)[C@@H]1O)Oc1ccc(C2CC2)cc1)C(=O)O. The quantitative estimate of drug-likeness (QED) is 0.250. The van der Waals surface area contributed by atoms with E-state index in [9.17, 15) is 33.1 Å². The summed E-state index contributed by atoms with van der Waals surface area (Å²) < 4.78 is 59.2. The fraction of sp³-hybridized carbons (Fsp3) is 0.455. The van der Waals surface area contributed by atoms with Crippen molar-refractivity contribution in [3.63, 3.8) is 0 Å². The van der Waals surface area contributed by atoms with Crippen LogP contribution in [-0.4, -0.2) is 69.9 Å². The van der Waals surface area contributed by atoms with Gasteiger partial charge in [-0.1, -0.05) is 12.1 Å². The van der Waals surface area contributed by atoms with Crippen molar-refractivity contribution in [1.29, 1.82) is 0 Å². The molecule has 1 aromatic carbocycles. The zero-order chi connectivity index (χ0) is 27.0. The lowest BCUT2D eigenvalue weighted by atomic mass is 10.1. The van der Waals surface area contributed by atoms with E-state index in [1.54, 1.807) is 12.1 Å². The summed E-state index contributed by atoms with van der Waals surface area (Å²) >= 11 is 0. The van der Waals surface area contributed by atoms with Gasteiger partial charge in [0.1, 0.15) is 23.7 Å². The Bertz CT molecular complexity index is 1200. The van der Waals surface area contributed by atoms with Gasteiger partial charge in [0.25, 0.3) is 0 Å². The van der Waals surface area contributed by atoms with Crippen LogP contribution >= 0.6 is 7.75 Å². The van der Waals surface area contributed by atoms with Gasteiger partial charge in [-0.2, -0.15) is 13.9 Å². The molecule has 37 heavy (non-hydrogen) atoms. The molecule has 3 aliphatic rings. The molecule has 0 amide bonds. The number of hydrogen-bond acceptors (Lipinski definition) is 10.